The van der Waals surface area contributed by atoms with Crippen molar-refractivity contribution in [3.63, 3.8) is 0 Å². The molecular weight excluding hydrogens is 260 g/mol. The zero-order valence-corrected chi connectivity index (χ0v) is 12.2. The molecule has 0 spiro atoms. The largest absolute Gasteiger partial charge is 0.348 e. The van der Waals surface area contributed by atoms with Gasteiger partial charge in [0.15, 0.2) is 11.6 Å². The van der Waals surface area contributed by atoms with Gasteiger partial charge >= 0.3 is 0 Å². The Kier molecular flexibility index (Phi) is 3.67. The first kappa shape index (κ1) is 14.7. The van der Waals surface area contributed by atoms with E-state index in [4.69, 9.17) is 0 Å². The third-order valence-corrected chi connectivity index (χ3v) is 3.96. The van der Waals surface area contributed by atoms with E-state index in [1.807, 2.05) is 6.92 Å². The van der Waals surface area contributed by atoms with Crippen molar-refractivity contribution in [3.8, 4) is 0 Å². The number of carbonyl (C=O) groups excluding carboxylic acids is 1. The van der Waals surface area contributed by atoms with Gasteiger partial charge in [0.05, 0.1) is 0 Å². The van der Waals surface area contributed by atoms with Crippen molar-refractivity contribution in [3.05, 3.63) is 41.0 Å². The molecule has 0 radical (unpaired) electrons. The molecule has 1 amide bonds. The zero-order valence-electron chi connectivity index (χ0n) is 12.2. The average molecular weight is 279 g/mol. The molecule has 1 N–H and O–H groups in total. The van der Waals surface area contributed by atoms with Crippen LogP contribution in [0.15, 0.2) is 18.2 Å². The molecule has 2 rings (SSSR count). The van der Waals surface area contributed by atoms with E-state index in [-0.39, 0.29) is 17.2 Å². The van der Waals surface area contributed by atoms with E-state index in [0.717, 1.165) is 5.56 Å². The number of benzene rings is 1. The van der Waals surface area contributed by atoms with Crippen molar-refractivity contribution in [2.45, 2.75) is 33.6 Å². The van der Waals surface area contributed by atoms with Crippen LogP contribution in [0.5, 0.6) is 0 Å². The lowest BCUT2D eigenvalue weighted by molar-refractivity contribution is -0.115. The van der Waals surface area contributed by atoms with E-state index < -0.39 is 11.6 Å². The Hall–Kier alpha value is -1.71. The lowest BCUT2D eigenvalue weighted by Crippen LogP contribution is -2.18. The third-order valence-electron chi connectivity index (χ3n) is 3.96. The predicted molar refractivity (Wildman–Crippen MR) is 75.2 cm³/mol. The smallest absolute Gasteiger partial charge is 0.244 e. The first-order chi connectivity index (χ1) is 9.20. The third kappa shape index (κ3) is 2.74. The van der Waals surface area contributed by atoms with Gasteiger partial charge in [-0.3, -0.25) is 4.79 Å². The Labute approximate surface area is 117 Å². The number of halogens is 2. The summed E-state index contributed by atoms with van der Waals surface area (Å²) in [5.74, 6) is -1.90. The number of carbonyl (C=O) groups is 1. The van der Waals surface area contributed by atoms with Crippen LogP contribution in [-0.4, -0.2) is 12.5 Å². The first-order valence-electron chi connectivity index (χ1n) is 6.68. The normalized spacial score (nSPS) is 16.9. The molecule has 1 heterocycles. The van der Waals surface area contributed by atoms with Crippen molar-refractivity contribution >= 4 is 11.5 Å². The molecule has 108 valence electrons. The maximum Gasteiger partial charge on any atom is 0.244 e. The van der Waals surface area contributed by atoms with Gasteiger partial charge in [-0.05, 0) is 40.2 Å². The SMILES string of the molecule is CC(c1cc(F)c(F)cc1C1=CC(=O)NC1)C(C)(C)C. The molecule has 1 aromatic carbocycles. The van der Waals surface area contributed by atoms with Crippen LogP contribution in [0.2, 0.25) is 0 Å². The lowest BCUT2D eigenvalue weighted by Gasteiger charge is -2.29. The van der Waals surface area contributed by atoms with E-state index in [2.05, 4.69) is 26.1 Å². The van der Waals surface area contributed by atoms with E-state index in [9.17, 15) is 13.6 Å². The van der Waals surface area contributed by atoms with E-state index in [0.29, 0.717) is 17.7 Å². The van der Waals surface area contributed by atoms with Gasteiger partial charge in [-0.25, -0.2) is 8.78 Å². The molecule has 0 aromatic heterocycles. The van der Waals surface area contributed by atoms with Gasteiger partial charge in [-0.2, -0.15) is 0 Å². The summed E-state index contributed by atoms with van der Waals surface area (Å²) in [5, 5.41) is 2.66. The van der Waals surface area contributed by atoms with E-state index in [1.54, 1.807) is 0 Å². The number of rotatable bonds is 2. The molecule has 0 saturated carbocycles. The van der Waals surface area contributed by atoms with Crippen molar-refractivity contribution in [2.24, 2.45) is 5.41 Å². The Morgan fingerprint density at radius 3 is 2.30 bits per heavy atom. The highest BCUT2D eigenvalue weighted by molar-refractivity contribution is 6.00. The van der Waals surface area contributed by atoms with Crippen molar-refractivity contribution < 1.29 is 13.6 Å². The van der Waals surface area contributed by atoms with Gasteiger partial charge in [0, 0.05) is 12.6 Å². The van der Waals surface area contributed by atoms with Crippen LogP contribution in [0.4, 0.5) is 8.78 Å². The standard InChI is InChI=1S/C16H19F2NO/c1-9(16(2,3)4)11-6-13(17)14(18)7-12(11)10-5-15(20)19-8-10/h5-7,9H,8H2,1-4H3,(H,19,20). The second-order valence-electron chi connectivity index (χ2n) is 6.33. The minimum atomic E-state index is -0.884. The minimum Gasteiger partial charge on any atom is -0.348 e. The number of hydrogen-bond acceptors (Lipinski definition) is 1. The Balaban J connectivity index is 2.58. The van der Waals surface area contributed by atoms with Crippen LogP contribution < -0.4 is 5.32 Å². The van der Waals surface area contributed by atoms with Gasteiger partial charge in [0.1, 0.15) is 0 Å². The summed E-state index contributed by atoms with van der Waals surface area (Å²) in [6, 6.07) is 2.45. The van der Waals surface area contributed by atoms with Gasteiger partial charge in [0.25, 0.3) is 0 Å². The molecule has 1 unspecified atom stereocenters. The fourth-order valence-corrected chi connectivity index (χ4v) is 2.28. The van der Waals surface area contributed by atoms with Gasteiger partial charge in [0.2, 0.25) is 5.91 Å². The summed E-state index contributed by atoms with van der Waals surface area (Å²) < 4.78 is 27.2. The molecule has 0 aliphatic carbocycles. The monoisotopic (exact) mass is 279 g/mol. The molecule has 1 aliphatic heterocycles. The summed E-state index contributed by atoms with van der Waals surface area (Å²) in [7, 11) is 0. The average Bonchev–Trinajstić information content (AvgIpc) is 2.76. The molecule has 0 fully saturated rings. The number of nitrogens with one attached hydrogen (secondary N) is 1. The maximum atomic E-state index is 13.6. The van der Waals surface area contributed by atoms with E-state index in [1.165, 1.54) is 18.2 Å². The predicted octanol–water partition coefficient (Wildman–Crippen LogP) is 3.63. The van der Waals surface area contributed by atoms with Crippen LogP contribution in [0.25, 0.3) is 5.57 Å². The van der Waals surface area contributed by atoms with Crippen LogP contribution >= 0.6 is 0 Å². The highest BCUT2D eigenvalue weighted by Crippen LogP contribution is 2.39. The van der Waals surface area contributed by atoms with Crippen molar-refractivity contribution in [1.82, 2.24) is 5.32 Å². The molecule has 4 heteroatoms. The van der Waals surface area contributed by atoms with Crippen LogP contribution in [-0.2, 0) is 4.79 Å². The zero-order chi connectivity index (χ0) is 15.1. The summed E-state index contributed by atoms with van der Waals surface area (Å²) in [4.78, 5) is 11.3. The van der Waals surface area contributed by atoms with Gasteiger partial charge in [-0.1, -0.05) is 27.7 Å². The molecule has 1 aromatic rings. The van der Waals surface area contributed by atoms with Crippen LogP contribution in [0.3, 0.4) is 0 Å². The quantitative estimate of drug-likeness (QED) is 0.880. The second-order valence-corrected chi connectivity index (χ2v) is 6.33. The number of amides is 1. The highest BCUT2D eigenvalue weighted by Gasteiger charge is 2.27. The minimum absolute atomic E-state index is 0.0317. The lowest BCUT2D eigenvalue weighted by atomic mass is 9.75. The fraction of sp³-hybridized carbons (Fsp3) is 0.438. The topological polar surface area (TPSA) is 29.1 Å². The summed E-state index contributed by atoms with van der Waals surface area (Å²) >= 11 is 0. The van der Waals surface area contributed by atoms with Crippen LogP contribution in [0, 0.1) is 17.0 Å². The Bertz CT molecular complexity index is 585. The summed E-state index contributed by atoms with van der Waals surface area (Å²) in [5.41, 5.74) is 1.97. The molecular formula is C16H19F2NO. The molecule has 20 heavy (non-hydrogen) atoms. The summed E-state index contributed by atoms with van der Waals surface area (Å²) in [6.45, 7) is 8.49. The molecule has 0 saturated heterocycles. The maximum absolute atomic E-state index is 13.6. The van der Waals surface area contributed by atoms with Crippen molar-refractivity contribution in [2.75, 3.05) is 6.54 Å². The van der Waals surface area contributed by atoms with Gasteiger partial charge in [-0.15, -0.1) is 0 Å². The summed E-state index contributed by atoms with van der Waals surface area (Å²) in [6.07, 6.45) is 1.45. The highest BCUT2D eigenvalue weighted by atomic mass is 19.2. The molecule has 0 bridgehead atoms. The molecule has 1 aliphatic rings. The fourth-order valence-electron chi connectivity index (χ4n) is 2.28. The first-order valence-corrected chi connectivity index (χ1v) is 6.68. The number of hydrogen-bond donors (Lipinski definition) is 1. The molecule has 1 atom stereocenters. The second kappa shape index (κ2) is 5.00. The molecule has 2 nitrogen and oxygen atoms in total. The Morgan fingerprint density at radius 2 is 1.80 bits per heavy atom. The van der Waals surface area contributed by atoms with Crippen molar-refractivity contribution in [1.29, 1.82) is 0 Å². The van der Waals surface area contributed by atoms with Gasteiger partial charge < -0.3 is 5.32 Å². The van der Waals surface area contributed by atoms with E-state index >= 15 is 0 Å². The Morgan fingerprint density at radius 1 is 1.20 bits per heavy atom. The van der Waals surface area contributed by atoms with Crippen LogP contribution in [0.1, 0.15) is 44.7 Å².